The Hall–Kier alpha value is 0.390. The highest BCUT2D eigenvalue weighted by Gasteiger charge is 1.99. The maximum Gasteiger partial charge on any atom is -0.00486 e. The second-order valence-electron chi connectivity index (χ2n) is 2.48. The van der Waals surface area contributed by atoms with Gasteiger partial charge in [0.25, 0.3) is 0 Å². The van der Waals surface area contributed by atoms with Crippen LogP contribution in [0.25, 0.3) is 0 Å². The molecule has 0 aliphatic carbocycles. The van der Waals surface area contributed by atoms with Gasteiger partial charge in [0.1, 0.15) is 0 Å². The SMILES string of the molecule is CCP(CC)CCCNC. The van der Waals surface area contributed by atoms with Crippen molar-refractivity contribution in [2.45, 2.75) is 20.3 Å². The monoisotopic (exact) mass is 161 g/mol. The van der Waals surface area contributed by atoms with E-state index in [2.05, 4.69) is 19.2 Å². The van der Waals surface area contributed by atoms with Gasteiger partial charge in [0.2, 0.25) is 0 Å². The highest BCUT2D eigenvalue weighted by atomic mass is 31.1. The second-order valence-corrected chi connectivity index (χ2v) is 5.54. The summed E-state index contributed by atoms with van der Waals surface area (Å²) in [5.74, 6) is 0. The summed E-state index contributed by atoms with van der Waals surface area (Å²) in [6.45, 7) is 5.82. The quantitative estimate of drug-likeness (QED) is 0.465. The van der Waals surface area contributed by atoms with Crippen LogP contribution in [0.3, 0.4) is 0 Å². The van der Waals surface area contributed by atoms with Crippen molar-refractivity contribution in [1.82, 2.24) is 5.32 Å². The number of rotatable bonds is 6. The Morgan fingerprint density at radius 1 is 1.20 bits per heavy atom. The molecule has 0 spiro atoms. The molecular weight excluding hydrogens is 141 g/mol. The summed E-state index contributed by atoms with van der Waals surface area (Å²) in [6.07, 6.45) is 5.65. The fourth-order valence-corrected chi connectivity index (χ4v) is 2.70. The van der Waals surface area contributed by atoms with Gasteiger partial charge >= 0.3 is 0 Å². The van der Waals surface area contributed by atoms with Crippen molar-refractivity contribution < 1.29 is 0 Å². The summed E-state index contributed by atoms with van der Waals surface area (Å²) in [4.78, 5) is 0. The van der Waals surface area contributed by atoms with Crippen LogP contribution in [0.2, 0.25) is 0 Å². The molecule has 0 amide bonds. The van der Waals surface area contributed by atoms with Crippen molar-refractivity contribution in [1.29, 1.82) is 0 Å². The highest BCUT2D eigenvalue weighted by Crippen LogP contribution is 2.34. The molecule has 1 nitrogen and oxygen atoms in total. The summed E-state index contributed by atoms with van der Waals surface area (Å²) < 4.78 is 0. The average Bonchev–Trinajstić information content (AvgIpc) is 1.99. The Labute approximate surface area is 66.3 Å². The largest absolute Gasteiger partial charge is 0.320 e. The van der Waals surface area contributed by atoms with Gasteiger partial charge in [-0.25, -0.2) is 0 Å². The van der Waals surface area contributed by atoms with Gasteiger partial charge < -0.3 is 5.32 Å². The van der Waals surface area contributed by atoms with Gasteiger partial charge in [-0.1, -0.05) is 13.8 Å². The lowest BCUT2D eigenvalue weighted by atomic mass is 10.5. The highest BCUT2D eigenvalue weighted by molar-refractivity contribution is 7.57. The fraction of sp³-hybridized carbons (Fsp3) is 1.00. The predicted molar refractivity (Wildman–Crippen MR) is 51.4 cm³/mol. The van der Waals surface area contributed by atoms with Crippen LogP contribution in [0, 0.1) is 0 Å². The summed E-state index contributed by atoms with van der Waals surface area (Å²) in [7, 11) is 2.42. The van der Waals surface area contributed by atoms with E-state index in [-0.39, 0.29) is 0 Å². The first-order valence-corrected chi connectivity index (χ1v) is 6.11. The van der Waals surface area contributed by atoms with Gasteiger partial charge in [-0.15, -0.1) is 7.92 Å². The lowest BCUT2D eigenvalue weighted by Crippen LogP contribution is -2.09. The van der Waals surface area contributed by atoms with Gasteiger partial charge in [0.15, 0.2) is 0 Å². The molecule has 0 aromatic heterocycles. The van der Waals surface area contributed by atoms with Crippen molar-refractivity contribution in [3.63, 3.8) is 0 Å². The minimum Gasteiger partial charge on any atom is -0.320 e. The predicted octanol–water partition coefficient (Wildman–Crippen LogP) is 2.12. The van der Waals surface area contributed by atoms with Crippen molar-refractivity contribution in [2.24, 2.45) is 0 Å². The van der Waals surface area contributed by atoms with E-state index in [1.54, 1.807) is 0 Å². The molecule has 0 radical (unpaired) electrons. The lowest BCUT2D eigenvalue weighted by Gasteiger charge is -2.11. The van der Waals surface area contributed by atoms with E-state index in [4.69, 9.17) is 0 Å². The Balaban J connectivity index is 3.09. The van der Waals surface area contributed by atoms with Crippen LogP contribution < -0.4 is 5.32 Å². The van der Waals surface area contributed by atoms with Crippen LogP contribution in [0.15, 0.2) is 0 Å². The van der Waals surface area contributed by atoms with Crippen molar-refractivity contribution >= 4 is 7.92 Å². The summed E-state index contributed by atoms with van der Waals surface area (Å²) in [5, 5.41) is 3.18. The Morgan fingerprint density at radius 3 is 2.20 bits per heavy atom. The Morgan fingerprint density at radius 2 is 1.80 bits per heavy atom. The molecule has 0 saturated carbocycles. The van der Waals surface area contributed by atoms with Gasteiger partial charge in [0, 0.05) is 0 Å². The third kappa shape index (κ3) is 5.20. The number of hydrogen-bond acceptors (Lipinski definition) is 1. The Kier molecular flexibility index (Phi) is 7.79. The molecule has 0 aliphatic heterocycles. The van der Waals surface area contributed by atoms with Crippen LogP contribution in [0.1, 0.15) is 20.3 Å². The second kappa shape index (κ2) is 7.50. The number of hydrogen-bond donors (Lipinski definition) is 1. The maximum atomic E-state index is 3.18. The van der Waals surface area contributed by atoms with Crippen LogP contribution >= 0.6 is 7.92 Å². The molecule has 0 atom stereocenters. The topological polar surface area (TPSA) is 12.0 Å². The summed E-state index contributed by atoms with van der Waals surface area (Å²) in [6, 6.07) is 0. The molecule has 0 aliphatic rings. The minimum absolute atomic E-state index is 0.392. The van der Waals surface area contributed by atoms with Crippen molar-refractivity contribution in [3.8, 4) is 0 Å². The average molecular weight is 161 g/mol. The first kappa shape index (κ1) is 10.4. The van der Waals surface area contributed by atoms with Crippen LogP contribution in [0.4, 0.5) is 0 Å². The standard InChI is InChI=1S/C8H20NP/c1-4-10(5-2)8-6-7-9-3/h9H,4-8H2,1-3H3. The maximum absolute atomic E-state index is 3.18. The fourth-order valence-electron chi connectivity index (χ4n) is 1.02. The molecule has 0 aromatic rings. The van der Waals surface area contributed by atoms with Gasteiger partial charge in [0.05, 0.1) is 0 Å². The molecule has 0 fully saturated rings. The van der Waals surface area contributed by atoms with E-state index in [1.807, 2.05) is 7.05 Å². The van der Waals surface area contributed by atoms with Gasteiger partial charge in [-0.3, -0.25) is 0 Å². The van der Waals surface area contributed by atoms with Gasteiger partial charge in [-0.05, 0) is 38.5 Å². The van der Waals surface area contributed by atoms with Crippen LogP contribution in [0.5, 0.6) is 0 Å². The van der Waals surface area contributed by atoms with Crippen molar-refractivity contribution in [2.75, 3.05) is 32.1 Å². The Bertz CT molecular complexity index is 62.3. The molecule has 1 N–H and O–H groups in total. The first-order valence-electron chi connectivity index (χ1n) is 4.22. The van der Waals surface area contributed by atoms with Crippen LogP contribution in [-0.4, -0.2) is 32.1 Å². The zero-order chi connectivity index (χ0) is 7.82. The van der Waals surface area contributed by atoms with E-state index in [9.17, 15) is 0 Å². The normalized spacial score (nSPS) is 10.8. The molecule has 62 valence electrons. The zero-order valence-corrected chi connectivity index (χ0v) is 8.38. The smallest absolute Gasteiger partial charge is 0.00486 e. The first-order chi connectivity index (χ1) is 4.85. The van der Waals surface area contributed by atoms with E-state index < -0.39 is 0 Å². The van der Waals surface area contributed by atoms with E-state index in [0.29, 0.717) is 7.92 Å². The molecule has 2 heteroatoms. The van der Waals surface area contributed by atoms with Crippen molar-refractivity contribution in [3.05, 3.63) is 0 Å². The zero-order valence-electron chi connectivity index (χ0n) is 7.48. The summed E-state index contributed by atoms with van der Waals surface area (Å²) in [5.41, 5.74) is 0. The van der Waals surface area contributed by atoms with Gasteiger partial charge in [-0.2, -0.15) is 0 Å². The molecular formula is C8H20NP. The molecule has 0 unspecified atom stereocenters. The molecule has 0 saturated heterocycles. The molecule has 0 heterocycles. The lowest BCUT2D eigenvalue weighted by molar-refractivity contribution is 0.775. The molecule has 0 rings (SSSR count). The van der Waals surface area contributed by atoms with E-state index in [0.717, 1.165) is 0 Å². The third-order valence-corrected chi connectivity index (χ3v) is 4.53. The minimum atomic E-state index is 0.392. The molecule has 10 heavy (non-hydrogen) atoms. The molecule has 0 bridgehead atoms. The van der Waals surface area contributed by atoms with Crippen LogP contribution in [-0.2, 0) is 0 Å². The third-order valence-electron chi connectivity index (χ3n) is 1.80. The van der Waals surface area contributed by atoms with E-state index >= 15 is 0 Å². The summed E-state index contributed by atoms with van der Waals surface area (Å²) >= 11 is 0. The number of nitrogens with one attached hydrogen (secondary N) is 1. The molecule has 0 aromatic carbocycles. The van der Waals surface area contributed by atoms with E-state index in [1.165, 1.54) is 31.5 Å².